The molecule has 2 fully saturated rings. The number of aliphatic hydroxyl groups is 1. The summed E-state index contributed by atoms with van der Waals surface area (Å²) in [7, 11) is 0. The largest absolute Gasteiger partial charge is 0.452 e. The highest BCUT2D eigenvalue weighted by Gasteiger charge is 2.62. The molecular weight excluding hydrogens is 504 g/mol. The molecule has 9 heteroatoms. The molecule has 1 N–H and O–H groups in total. The van der Waals surface area contributed by atoms with E-state index in [1.54, 1.807) is 105 Å². The van der Waals surface area contributed by atoms with Gasteiger partial charge in [-0.15, -0.1) is 0 Å². The minimum absolute atomic E-state index is 0.222. The molecule has 3 aromatic rings. The summed E-state index contributed by atoms with van der Waals surface area (Å²) >= 11 is 0. The standard InChI is InChI=1S/C30H28O9/c1-30(2)38-23-21(31)22(35-27(32)18-12-6-3-7-13-18)24(36-28(33)19-14-8-4-9-15-19)25(26(23)39-30)37-29(34)20-16-10-5-11-17-20/h3-17,21-26,31H,1-2H3/t21-,22-,23-,24+,25-,26-/m0/s1. The van der Waals surface area contributed by atoms with Crippen LogP contribution in [0.3, 0.4) is 0 Å². The van der Waals surface area contributed by atoms with Crippen LogP contribution < -0.4 is 0 Å². The third-order valence-corrected chi connectivity index (χ3v) is 6.57. The number of carbonyl (C=O) groups excluding carboxylic acids is 3. The normalized spacial score (nSPS) is 27.2. The molecule has 0 spiro atoms. The highest BCUT2D eigenvalue weighted by molar-refractivity contribution is 5.91. The van der Waals surface area contributed by atoms with Crippen LogP contribution in [0.1, 0.15) is 44.9 Å². The summed E-state index contributed by atoms with van der Waals surface area (Å²) in [6, 6.07) is 24.6. The lowest BCUT2D eigenvalue weighted by Crippen LogP contribution is -2.65. The van der Waals surface area contributed by atoms with Gasteiger partial charge < -0.3 is 28.8 Å². The molecule has 39 heavy (non-hydrogen) atoms. The van der Waals surface area contributed by atoms with Crippen LogP contribution >= 0.6 is 0 Å². The zero-order valence-electron chi connectivity index (χ0n) is 21.3. The zero-order valence-corrected chi connectivity index (χ0v) is 21.3. The SMILES string of the molecule is CC1(C)O[C@@H]2[C@@H](OC(=O)c3ccccc3)[C@H](OC(=O)c3ccccc3)[C@@H](OC(=O)c3ccccc3)[C@H](O)[C@@H]2O1. The molecule has 0 amide bonds. The monoisotopic (exact) mass is 532 g/mol. The first kappa shape index (κ1) is 26.6. The fourth-order valence-electron chi connectivity index (χ4n) is 4.79. The number of rotatable bonds is 6. The second-order valence-electron chi connectivity index (χ2n) is 9.76. The van der Waals surface area contributed by atoms with E-state index < -0.39 is 60.3 Å². The maximum absolute atomic E-state index is 13.2. The fourth-order valence-corrected chi connectivity index (χ4v) is 4.79. The summed E-state index contributed by atoms with van der Waals surface area (Å²) in [6.07, 6.45) is -7.69. The maximum atomic E-state index is 13.2. The molecule has 1 aliphatic carbocycles. The molecule has 6 atom stereocenters. The third-order valence-electron chi connectivity index (χ3n) is 6.57. The van der Waals surface area contributed by atoms with E-state index >= 15 is 0 Å². The van der Waals surface area contributed by atoms with Gasteiger partial charge in [0.15, 0.2) is 24.1 Å². The van der Waals surface area contributed by atoms with Gasteiger partial charge in [0.2, 0.25) is 0 Å². The van der Waals surface area contributed by atoms with Gasteiger partial charge in [-0.3, -0.25) is 0 Å². The molecule has 1 aliphatic heterocycles. The maximum Gasteiger partial charge on any atom is 0.338 e. The topological polar surface area (TPSA) is 118 Å². The van der Waals surface area contributed by atoms with Gasteiger partial charge in [0.05, 0.1) is 16.7 Å². The van der Waals surface area contributed by atoms with Gasteiger partial charge in [-0.05, 0) is 50.2 Å². The van der Waals surface area contributed by atoms with Gasteiger partial charge in [0.25, 0.3) is 0 Å². The molecule has 0 aromatic heterocycles. The lowest BCUT2D eigenvalue weighted by Gasteiger charge is -2.43. The molecule has 202 valence electrons. The van der Waals surface area contributed by atoms with Crippen LogP contribution in [0.5, 0.6) is 0 Å². The van der Waals surface area contributed by atoms with Crippen molar-refractivity contribution in [1.82, 2.24) is 0 Å². The quantitative estimate of drug-likeness (QED) is 0.376. The molecule has 9 nitrogen and oxygen atoms in total. The van der Waals surface area contributed by atoms with E-state index in [0.29, 0.717) is 0 Å². The molecule has 1 saturated carbocycles. The number of hydrogen-bond donors (Lipinski definition) is 1. The second kappa shape index (κ2) is 11.0. The Balaban J connectivity index is 1.53. The van der Waals surface area contributed by atoms with Crippen molar-refractivity contribution in [3.63, 3.8) is 0 Å². The first-order valence-corrected chi connectivity index (χ1v) is 12.6. The Morgan fingerprint density at radius 3 is 1.38 bits per heavy atom. The van der Waals surface area contributed by atoms with E-state index in [-0.39, 0.29) is 16.7 Å². The van der Waals surface area contributed by atoms with E-state index in [4.69, 9.17) is 23.7 Å². The van der Waals surface area contributed by atoms with E-state index in [2.05, 4.69) is 0 Å². The molecular formula is C30H28O9. The zero-order chi connectivity index (χ0) is 27.6. The van der Waals surface area contributed by atoms with Crippen LogP contribution in [-0.2, 0) is 23.7 Å². The number of esters is 3. The Labute approximate surface area is 225 Å². The van der Waals surface area contributed by atoms with Crippen LogP contribution in [0.15, 0.2) is 91.0 Å². The molecule has 0 bridgehead atoms. The molecule has 3 aromatic carbocycles. The Hall–Kier alpha value is -4.05. The predicted molar refractivity (Wildman–Crippen MR) is 137 cm³/mol. The highest BCUT2D eigenvalue weighted by Crippen LogP contribution is 2.41. The Kier molecular flexibility index (Phi) is 7.47. The predicted octanol–water partition coefficient (Wildman–Crippen LogP) is 3.56. The van der Waals surface area contributed by atoms with E-state index in [0.717, 1.165) is 0 Å². The number of ether oxygens (including phenoxy) is 5. The molecule has 2 aliphatic rings. The Bertz CT molecular complexity index is 1310. The van der Waals surface area contributed by atoms with Crippen molar-refractivity contribution in [2.75, 3.05) is 0 Å². The summed E-state index contributed by atoms with van der Waals surface area (Å²) < 4.78 is 29.4. The molecule has 0 radical (unpaired) electrons. The average molecular weight is 533 g/mol. The lowest BCUT2D eigenvalue weighted by molar-refractivity contribution is -0.194. The second-order valence-corrected chi connectivity index (χ2v) is 9.76. The smallest absolute Gasteiger partial charge is 0.338 e. The summed E-state index contributed by atoms with van der Waals surface area (Å²) in [6.45, 7) is 3.29. The number of benzene rings is 3. The average Bonchev–Trinajstić information content (AvgIpc) is 3.29. The van der Waals surface area contributed by atoms with Crippen LogP contribution in [0.25, 0.3) is 0 Å². The van der Waals surface area contributed by atoms with Crippen LogP contribution in [-0.4, -0.2) is 65.4 Å². The highest BCUT2D eigenvalue weighted by atomic mass is 16.8. The van der Waals surface area contributed by atoms with E-state index in [1.165, 1.54) is 0 Å². The van der Waals surface area contributed by atoms with Gasteiger partial charge in [-0.1, -0.05) is 54.6 Å². The van der Waals surface area contributed by atoms with Gasteiger partial charge in [0.1, 0.15) is 18.3 Å². The first-order chi connectivity index (χ1) is 18.7. The third kappa shape index (κ3) is 5.70. The summed E-state index contributed by atoms with van der Waals surface area (Å²) in [5.41, 5.74) is 0.699. The van der Waals surface area contributed by atoms with Crippen molar-refractivity contribution >= 4 is 17.9 Å². The van der Waals surface area contributed by atoms with Gasteiger partial charge in [-0.25, -0.2) is 14.4 Å². The number of aliphatic hydroxyl groups excluding tert-OH is 1. The lowest BCUT2D eigenvalue weighted by atomic mass is 9.84. The van der Waals surface area contributed by atoms with Gasteiger partial charge >= 0.3 is 17.9 Å². The van der Waals surface area contributed by atoms with Crippen molar-refractivity contribution in [3.05, 3.63) is 108 Å². The minimum Gasteiger partial charge on any atom is -0.452 e. The van der Waals surface area contributed by atoms with E-state index in [1.807, 2.05) is 0 Å². The number of hydrogen-bond acceptors (Lipinski definition) is 9. The summed E-state index contributed by atoms with van der Waals surface area (Å²) in [5, 5.41) is 11.4. The molecule has 1 heterocycles. The van der Waals surface area contributed by atoms with Crippen LogP contribution in [0.4, 0.5) is 0 Å². The number of fused-ring (bicyclic) bond motifs is 1. The van der Waals surface area contributed by atoms with Gasteiger partial charge in [0, 0.05) is 0 Å². The summed E-state index contributed by atoms with van der Waals surface area (Å²) in [4.78, 5) is 39.4. The van der Waals surface area contributed by atoms with E-state index in [9.17, 15) is 19.5 Å². The van der Waals surface area contributed by atoms with Crippen molar-refractivity contribution in [2.45, 2.75) is 56.3 Å². The van der Waals surface area contributed by atoms with Crippen LogP contribution in [0, 0.1) is 0 Å². The summed E-state index contributed by atoms with van der Waals surface area (Å²) in [5.74, 6) is -3.39. The van der Waals surface area contributed by atoms with Crippen molar-refractivity contribution < 1.29 is 43.2 Å². The van der Waals surface area contributed by atoms with Crippen LogP contribution in [0.2, 0.25) is 0 Å². The first-order valence-electron chi connectivity index (χ1n) is 12.6. The minimum atomic E-state index is -1.47. The fraction of sp³-hybridized carbons (Fsp3) is 0.300. The van der Waals surface area contributed by atoms with Gasteiger partial charge in [-0.2, -0.15) is 0 Å². The molecule has 5 rings (SSSR count). The molecule has 1 saturated heterocycles. The molecule has 0 unspecified atom stereocenters. The number of carbonyl (C=O) groups is 3. The Morgan fingerprint density at radius 2 is 0.949 bits per heavy atom. The van der Waals surface area contributed by atoms with Crippen molar-refractivity contribution in [3.8, 4) is 0 Å². The Morgan fingerprint density at radius 1 is 0.590 bits per heavy atom. The van der Waals surface area contributed by atoms with Crippen molar-refractivity contribution in [1.29, 1.82) is 0 Å². The van der Waals surface area contributed by atoms with Crippen molar-refractivity contribution in [2.24, 2.45) is 0 Å².